The van der Waals surface area contributed by atoms with Crippen LogP contribution in [-0.4, -0.2) is 29.6 Å². The highest BCUT2D eigenvalue weighted by molar-refractivity contribution is 7.99. The first-order chi connectivity index (χ1) is 7.29. The number of aryl methyl sites for hydroxylation is 1. The molecule has 0 amide bonds. The predicted octanol–water partition coefficient (Wildman–Crippen LogP) is 2.34. The summed E-state index contributed by atoms with van der Waals surface area (Å²) in [4.78, 5) is 4.54. The van der Waals surface area contributed by atoms with Gasteiger partial charge in [0, 0.05) is 17.8 Å². The summed E-state index contributed by atoms with van der Waals surface area (Å²) < 4.78 is 0. The molecule has 2 nitrogen and oxygen atoms in total. The van der Waals surface area contributed by atoms with Crippen LogP contribution in [0.2, 0.25) is 0 Å². The van der Waals surface area contributed by atoms with Crippen LogP contribution < -0.4 is 5.32 Å². The Balaban J connectivity index is 1.95. The fourth-order valence-electron chi connectivity index (χ4n) is 2.10. The summed E-state index contributed by atoms with van der Waals surface area (Å²) in [6, 6.07) is 0.612. The van der Waals surface area contributed by atoms with Crippen LogP contribution in [0.1, 0.15) is 17.1 Å². The summed E-state index contributed by atoms with van der Waals surface area (Å²) in [5, 5.41) is 6.83. The van der Waals surface area contributed by atoms with E-state index in [1.165, 1.54) is 28.6 Å². The second kappa shape index (κ2) is 5.32. The number of nitrogens with zero attached hydrogens (tertiary/aromatic N) is 1. The van der Waals surface area contributed by atoms with Gasteiger partial charge >= 0.3 is 0 Å². The summed E-state index contributed by atoms with van der Waals surface area (Å²) in [5.74, 6) is 3.48. The van der Waals surface area contributed by atoms with Gasteiger partial charge in [-0.2, -0.15) is 11.8 Å². The van der Waals surface area contributed by atoms with Gasteiger partial charge in [-0.25, -0.2) is 4.98 Å². The maximum Gasteiger partial charge on any atom is 0.0897 e. The van der Waals surface area contributed by atoms with Crippen molar-refractivity contribution in [1.82, 2.24) is 10.3 Å². The maximum absolute atomic E-state index is 4.54. The highest BCUT2D eigenvalue weighted by atomic mass is 32.2. The second-order valence-corrected chi connectivity index (χ2v) is 6.29. The third kappa shape index (κ3) is 2.95. The highest BCUT2D eigenvalue weighted by Crippen LogP contribution is 2.27. The standard InChI is InChI=1S/C11H18N2S2/c1-8-13-10(7-15-8)5-11(12-2)9-3-4-14-6-9/h7,9,11-12H,3-6H2,1-2H3. The molecule has 0 aliphatic carbocycles. The molecule has 0 spiro atoms. The van der Waals surface area contributed by atoms with Gasteiger partial charge in [0.25, 0.3) is 0 Å². The van der Waals surface area contributed by atoms with Gasteiger partial charge in [-0.3, -0.25) is 0 Å². The van der Waals surface area contributed by atoms with E-state index in [4.69, 9.17) is 0 Å². The van der Waals surface area contributed by atoms with Gasteiger partial charge in [-0.15, -0.1) is 11.3 Å². The molecule has 1 aromatic rings. The summed E-state index contributed by atoms with van der Waals surface area (Å²) in [5.41, 5.74) is 1.26. The molecule has 2 atom stereocenters. The van der Waals surface area contributed by atoms with E-state index in [0.29, 0.717) is 6.04 Å². The van der Waals surface area contributed by atoms with Crippen molar-refractivity contribution in [2.45, 2.75) is 25.8 Å². The average molecular weight is 242 g/mol. The lowest BCUT2D eigenvalue weighted by molar-refractivity contribution is 0.401. The van der Waals surface area contributed by atoms with Gasteiger partial charge in [0.2, 0.25) is 0 Å². The minimum Gasteiger partial charge on any atom is -0.316 e. The van der Waals surface area contributed by atoms with Crippen molar-refractivity contribution in [3.8, 4) is 0 Å². The zero-order chi connectivity index (χ0) is 10.7. The van der Waals surface area contributed by atoms with Crippen molar-refractivity contribution < 1.29 is 0 Å². The molecule has 0 bridgehead atoms. The number of nitrogens with one attached hydrogen (secondary N) is 1. The topological polar surface area (TPSA) is 24.9 Å². The lowest BCUT2D eigenvalue weighted by atomic mass is 9.95. The molecule has 1 aliphatic heterocycles. The molecule has 0 saturated carbocycles. The molecule has 2 rings (SSSR count). The molecule has 15 heavy (non-hydrogen) atoms. The first kappa shape index (κ1) is 11.4. The minimum absolute atomic E-state index is 0.612. The van der Waals surface area contributed by atoms with E-state index in [1.807, 2.05) is 0 Å². The van der Waals surface area contributed by atoms with Crippen molar-refractivity contribution in [2.24, 2.45) is 5.92 Å². The summed E-state index contributed by atoms with van der Waals surface area (Å²) in [6.45, 7) is 2.08. The highest BCUT2D eigenvalue weighted by Gasteiger charge is 2.24. The van der Waals surface area contributed by atoms with Crippen LogP contribution in [0.25, 0.3) is 0 Å². The molecule has 4 heteroatoms. The Hall–Kier alpha value is -0.0600. The van der Waals surface area contributed by atoms with E-state index in [-0.39, 0.29) is 0 Å². The molecule has 2 heterocycles. The van der Waals surface area contributed by atoms with E-state index >= 15 is 0 Å². The number of likely N-dealkylation sites (N-methyl/N-ethyl adjacent to an activating group) is 1. The van der Waals surface area contributed by atoms with Gasteiger partial charge in [0.05, 0.1) is 10.7 Å². The van der Waals surface area contributed by atoms with Crippen molar-refractivity contribution in [1.29, 1.82) is 0 Å². The zero-order valence-electron chi connectivity index (χ0n) is 9.32. The van der Waals surface area contributed by atoms with Crippen LogP contribution in [0, 0.1) is 12.8 Å². The number of aromatic nitrogens is 1. The second-order valence-electron chi connectivity index (χ2n) is 4.08. The molecule has 84 valence electrons. The Morgan fingerprint density at radius 3 is 3.07 bits per heavy atom. The quantitative estimate of drug-likeness (QED) is 0.877. The first-order valence-electron chi connectivity index (χ1n) is 5.45. The number of thioether (sulfide) groups is 1. The molecule has 1 N–H and O–H groups in total. The summed E-state index contributed by atoms with van der Waals surface area (Å²) >= 11 is 3.84. The Kier molecular flexibility index (Phi) is 4.05. The van der Waals surface area contributed by atoms with E-state index in [2.05, 4.69) is 41.4 Å². The Morgan fingerprint density at radius 1 is 1.67 bits per heavy atom. The van der Waals surface area contributed by atoms with Gasteiger partial charge in [0.15, 0.2) is 0 Å². The van der Waals surface area contributed by atoms with E-state index < -0.39 is 0 Å². The van der Waals surface area contributed by atoms with Crippen molar-refractivity contribution in [2.75, 3.05) is 18.6 Å². The Morgan fingerprint density at radius 2 is 2.53 bits per heavy atom. The fraction of sp³-hybridized carbons (Fsp3) is 0.727. The fourth-order valence-corrected chi connectivity index (χ4v) is 4.07. The lowest BCUT2D eigenvalue weighted by Gasteiger charge is -2.21. The van der Waals surface area contributed by atoms with Crippen molar-refractivity contribution in [3.05, 3.63) is 16.1 Å². The van der Waals surface area contributed by atoms with Gasteiger partial charge in [-0.05, 0) is 37.8 Å². The molecule has 1 aliphatic rings. The maximum atomic E-state index is 4.54. The Bertz CT molecular complexity index is 305. The monoisotopic (exact) mass is 242 g/mol. The normalized spacial score (nSPS) is 23.2. The average Bonchev–Trinajstić information content (AvgIpc) is 2.85. The smallest absolute Gasteiger partial charge is 0.0897 e. The lowest BCUT2D eigenvalue weighted by Crippen LogP contribution is -2.35. The number of hydrogen-bond acceptors (Lipinski definition) is 4. The van der Waals surface area contributed by atoms with Crippen LogP contribution in [0.4, 0.5) is 0 Å². The number of rotatable bonds is 4. The summed E-state index contributed by atoms with van der Waals surface area (Å²) in [7, 11) is 2.08. The van der Waals surface area contributed by atoms with E-state index in [0.717, 1.165) is 12.3 Å². The van der Waals surface area contributed by atoms with Crippen LogP contribution in [0.3, 0.4) is 0 Å². The molecule has 1 aromatic heterocycles. The number of thiazole rings is 1. The molecule has 1 fully saturated rings. The van der Waals surface area contributed by atoms with E-state index in [9.17, 15) is 0 Å². The third-order valence-corrected chi connectivity index (χ3v) is 5.01. The summed E-state index contributed by atoms with van der Waals surface area (Å²) in [6.07, 6.45) is 2.45. The van der Waals surface area contributed by atoms with Gasteiger partial charge in [-0.1, -0.05) is 0 Å². The van der Waals surface area contributed by atoms with Crippen LogP contribution in [0.15, 0.2) is 5.38 Å². The number of hydrogen-bond donors (Lipinski definition) is 1. The molecule has 1 saturated heterocycles. The van der Waals surface area contributed by atoms with Gasteiger partial charge in [0.1, 0.15) is 0 Å². The predicted molar refractivity (Wildman–Crippen MR) is 68.8 cm³/mol. The first-order valence-corrected chi connectivity index (χ1v) is 7.49. The zero-order valence-corrected chi connectivity index (χ0v) is 11.0. The molecular formula is C11H18N2S2. The van der Waals surface area contributed by atoms with Crippen LogP contribution >= 0.6 is 23.1 Å². The minimum atomic E-state index is 0.612. The molecule has 0 aromatic carbocycles. The molecule has 0 radical (unpaired) electrons. The van der Waals surface area contributed by atoms with Crippen LogP contribution in [-0.2, 0) is 6.42 Å². The SMILES string of the molecule is CNC(Cc1csc(C)n1)C1CCSC1. The van der Waals surface area contributed by atoms with Gasteiger partial charge < -0.3 is 5.32 Å². The van der Waals surface area contributed by atoms with Crippen molar-refractivity contribution in [3.63, 3.8) is 0 Å². The Labute approximate surface area is 99.9 Å². The van der Waals surface area contributed by atoms with E-state index in [1.54, 1.807) is 11.3 Å². The largest absolute Gasteiger partial charge is 0.316 e. The van der Waals surface area contributed by atoms with Crippen LogP contribution in [0.5, 0.6) is 0 Å². The molecule has 2 unspecified atom stereocenters. The third-order valence-electron chi connectivity index (χ3n) is 3.00. The van der Waals surface area contributed by atoms with Crippen molar-refractivity contribution >= 4 is 23.1 Å². The molecular weight excluding hydrogens is 224 g/mol.